The molecule has 0 bridgehead atoms. The van der Waals surface area contributed by atoms with Gasteiger partial charge in [0.25, 0.3) is 0 Å². The van der Waals surface area contributed by atoms with E-state index in [-0.39, 0.29) is 30.0 Å². The Bertz CT molecular complexity index is 719. The van der Waals surface area contributed by atoms with E-state index in [4.69, 9.17) is 4.74 Å². The third-order valence-electron chi connectivity index (χ3n) is 5.01. The number of benzene rings is 1. The maximum absolute atomic E-state index is 14.6. The summed E-state index contributed by atoms with van der Waals surface area (Å²) in [5.74, 6) is -0.256. The van der Waals surface area contributed by atoms with E-state index in [9.17, 15) is 14.0 Å². The molecule has 2 aliphatic rings. The molecule has 2 heterocycles. The van der Waals surface area contributed by atoms with Crippen LogP contribution in [0.15, 0.2) is 18.2 Å². The summed E-state index contributed by atoms with van der Waals surface area (Å²) in [6.45, 7) is 8.25. The molecule has 2 saturated heterocycles. The Hall–Kier alpha value is -2.35. The van der Waals surface area contributed by atoms with E-state index in [0.29, 0.717) is 37.4 Å². The van der Waals surface area contributed by atoms with Gasteiger partial charge in [-0.25, -0.2) is 9.18 Å². The summed E-state index contributed by atoms with van der Waals surface area (Å²) in [5, 5.41) is 5.45. The number of anilines is 2. The number of hydrogen-bond acceptors (Lipinski definition) is 4. The second kappa shape index (κ2) is 8.77. The molecule has 0 saturated carbocycles. The van der Waals surface area contributed by atoms with Gasteiger partial charge in [-0.15, -0.1) is 0 Å². The number of hydrogen-bond donors (Lipinski definition) is 2. The quantitative estimate of drug-likeness (QED) is 0.808. The van der Waals surface area contributed by atoms with Crippen LogP contribution in [0.3, 0.4) is 0 Å². The average Bonchev–Trinajstić information content (AvgIpc) is 2.98. The van der Waals surface area contributed by atoms with Gasteiger partial charge in [0, 0.05) is 44.3 Å². The van der Waals surface area contributed by atoms with Crippen LogP contribution in [-0.2, 0) is 9.53 Å². The van der Waals surface area contributed by atoms with Crippen LogP contribution >= 0.6 is 0 Å². The number of nitrogens with zero attached hydrogens (tertiary/aromatic N) is 2. The molecule has 0 radical (unpaired) electrons. The molecule has 2 fully saturated rings. The maximum Gasteiger partial charge on any atom is 0.319 e. The van der Waals surface area contributed by atoms with Gasteiger partial charge in [0.15, 0.2) is 0 Å². The Morgan fingerprint density at radius 1 is 1.32 bits per heavy atom. The highest BCUT2D eigenvalue weighted by molar-refractivity contribution is 5.89. The smallest absolute Gasteiger partial charge is 0.319 e. The van der Waals surface area contributed by atoms with Crippen molar-refractivity contribution in [1.82, 2.24) is 10.2 Å². The van der Waals surface area contributed by atoms with Gasteiger partial charge >= 0.3 is 6.03 Å². The molecule has 7 nitrogen and oxygen atoms in total. The van der Waals surface area contributed by atoms with Gasteiger partial charge in [-0.2, -0.15) is 0 Å². The number of nitrogens with one attached hydrogen (secondary N) is 2. The van der Waals surface area contributed by atoms with E-state index >= 15 is 0 Å². The van der Waals surface area contributed by atoms with Crippen LogP contribution in [0.1, 0.15) is 33.6 Å². The zero-order chi connectivity index (χ0) is 20.3. The Balaban J connectivity index is 1.55. The van der Waals surface area contributed by atoms with Crippen molar-refractivity contribution in [2.45, 2.75) is 51.9 Å². The maximum atomic E-state index is 14.6. The van der Waals surface area contributed by atoms with Gasteiger partial charge in [-0.1, -0.05) is 0 Å². The summed E-state index contributed by atoms with van der Waals surface area (Å²) < 4.78 is 20.3. The first-order chi connectivity index (χ1) is 13.3. The number of carbonyl (C=O) groups excluding carboxylic acids is 2. The molecule has 0 spiro atoms. The highest BCUT2D eigenvalue weighted by Crippen LogP contribution is 2.26. The zero-order valence-corrected chi connectivity index (χ0v) is 16.7. The lowest BCUT2D eigenvalue weighted by molar-refractivity contribution is -0.127. The molecule has 0 aromatic heterocycles. The molecule has 2 aliphatic heterocycles. The Kier molecular flexibility index (Phi) is 6.39. The fourth-order valence-corrected chi connectivity index (χ4v) is 3.88. The second-order valence-corrected chi connectivity index (χ2v) is 7.77. The van der Waals surface area contributed by atoms with Crippen molar-refractivity contribution in [3.05, 3.63) is 24.0 Å². The molecule has 2 N–H and O–H groups in total. The molecule has 3 atom stereocenters. The van der Waals surface area contributed by atoms with Crippen LogP contribution in [0, 0.1) is 5.82 Å². The van der Waals surface area contributed by atoms with Crippen molar-refractivity contribution in [2.24, 2.45) is 0 Å². The predicted octanol–water partition coefficient (Wildman–Crippen LogP) is 2.57. The molecular weight excluding hydrogens is 363 g/mol. The first-order valence-electron chi connectivity index (χ1n) is 9.87. The minimum absolute atomic E-state index is 0.0377. The topological polar surface area (TPSA) is 73.9 Å². The molecule has 1 aromatic carbocycles. The lowest BCUT2D eigenvalue weighted by atomic mass is 10.2. The van der Waals surface area contributed by atoms with E-state index in [0.717, 1.165) is 13.0 Å². The number of amides is 3. The highest BCUT2D eigenvalue weighted by Gasteiger charge is 2.25. The van der Waals surface area contributed by atoms with E-state index < -0.39 is 6.03 Å². The summed E-state index contributed by atoms with van der Waals surface area (Å²) in [4.78, 5) is 27.6. The van der Waals surface area contributed by atoms with E-state index in [1.54, 1.807) is 17.0 Å². The Labute approximate surface area is 165 Å². The summed E-state index contributed by atoms with van der Waals surface area (Å²) in [7, 11) is 0. The lowest BCUT2D eigenvalue weighted by Crippen LogP contribution is -2.45. The largest absolute Gasteiger partial charge is 0.372 e. The number of likely N-dealkylation sites (tertiary alicyclic amines) is 1. The van der Waals surface area contributed by atoms with Gasteiger partial charge in [0.1, 0.15) is 5.82 Å². The summed E-state index contributed by atoms with van der Waals surface area (Å²) in [5.41, 5.74) is 0.895. The van der Waals surface area contributed by atoms with Crippen molar-refractivity contribution in [3.63, 3.8) is 0 Å². The number of rotatable bonds is 5. The Morgan fingerprint density at radius 2 is 2.04 bits per heavy atom. The summed E-state index contributed by atoms with van der Waals surface area (Å²) in [6, 6.07) is 4.09. The van der Waals surface area contributed by atoms with Crippen LogP contribution in [0.5, 0.6) is 0 Å². The van der Waals surface area contributed by atoms with Gasteiger partial charge in [0.05, 0.1) is 17.9 Å². The van der Waals surface area contributed by atoms with E-state index in [1.165, 1.54) is 6.07 Å². The van der Waals surface area contributed by atoms with Gasteiger partial charge < -0.3 is 25.2 Å². The third kappa shape index (κ3) is 5.13. The number of halogens is 1. The Morgan fingerprint density at radius 3 is 2.64 bits per heavy atom. The molecular formula is C20H29FN4O3. The SMILES string of the molecule is C[C@@H]1CN(c2ccc(NC(=O)N[C@@H](C)CN3CCCC3=O)cc2F)C[C@H](C)O1. The first kappa shape index (κ1) is 20.4. The van der Waals surface area contributed by atoms with Crippen LogP contribution in [0.2, 0.25) is 0 Å². The zero-order valence-electron chi connectivity index (χ0n) is 16.7. The summed E-state index contributed by atoms with van der Waals surface area (Å²) in [6.07, 6.45) is 1.52. The molecule has 28 heavy (non-hydrogen) atoms. The van der Waals surface area contributed by atoms with Crippen molar-refractivity contribution >= 4 is 23.3 Å². The highest BCUT2D eigenvalue weighted by atomic mass is 19.1. The van der Waals surface area contributed by atoms with Crippen molar-refractivity contribution in [3.8, 4) is 0 Å². The average molecular weight is 392 g/mol. The standard InChI is InChI=1S/C20H29FN4O3/c1-13(10-24-8-4-5-19(24)26)22-20(27)23-16-6-7-18(17(21)9-16)25-11-14(2)28-15(3)12-25/h6-7,9,13-15H,4-5,8,10-12H2,1-3H3,(H2,22,23,27)/t13-,14-,15+/m0/s1. The monoisotopic (exact) mass is 392 g/mol. The summed E-state index contributed by atoms with van der Waals surface area (Å²) >= 11 is 0. The van der Waals surface area contributed by atoms with Gasteiger partial charge in [0.2, 0.25) is 5.91 Å². The van der Waals surface area contributed by atoms with Gasteiger partial charge in [-0.3, -0.25) is 4.79 Å². The molecule has 0 unspecified atom stereocenters. The van der Waals surface area contributed by atoms with Crippen molar-refractivity contribution in [2.75, 3.05) is 36.4 Å². The van der Waals surface area contributed by atoms with Crippen LogP contribution in [0.25, 0.3) is 0 Å². The van der Waals surface area contributed by atoms with Crippen LogP contribution < -0.4 is 15.5 Å². The normalized spacial score (nSPS) is 23.6. The molecule has 1 aromatic rings. The fraction of sp³-hybridized carbons (Fsp3) is 0.600. The van der Waals surface area contributed by atoms with Crippen LogP contribution in [0.4, 0.5) is 20.6 Å². The minimum atomic E-state index is -0.417. The fourth-order valence-electron chi connectivity index (χ4n) is 3.88. The van der Waals surface area contributed by atoms with Crippen LogP contribution in [-0.4, -0.2) is 61.3 Å². The molecule has 3 amide bonds. The second-order valence-electron chi connectivity index (χ2n) is 7.77. The third-order valence-corrected chi connectivity index (χ3v) is 5.01. The van der Waals surface area contributed by atoms with E-state index in [2.05, 4.69) is 10.6 Å². The predicted molar refractivity (Wildman–Crippen MR) is 106 cm³/mol. The number of carbonyl (C=O) groups is 2. The number of morpholine rings is 1. The molecule has 3 rings (SSSR count). The van der Waals surface area contributed by atoms with E-state index in [1.807, 2.05) is 25.7 Å². The molecule has 154 valence electrons. The first-order valence-corrected chi connectivity index (χ1v) is 9.87. The van der Waals surface area contributed by atoms with Gasteiger partial charge in [-0.05, 0) is 45.4 Å². The molecule has 0 aliphatic carbocycles. The van der Waals surface area contributed by atoms with Crippen molar-refractivity contribution in [1.29, 1.82) is 0 Å². The lowest BCUT2D eigenvalue weighted by Gasteiger charge is -2.37. The number of urea groups is 1. The van der Waals surface area contributed by atoms with Crippen molar-refractivity contribution < 1.29 is 18.7 Å². The minimum Gasteiger partial charge on any atom is -0.372 e. The molecule has 8 heteroatoms. The number of ether oxygens (including phenoxy) is 1.